The Bertz CT molecular complexity index is 1070. The minimum absolute atomic E-state index is 0.158. The number of nitrogens with zero attached hydrogens (tertiary/aromatic N) is 2. The molecule has 0 aliphatic carbocycles. The minimum Gasteiger partial charge on any atom is -0.333 e. The van der Waals surface area contributed by atoms with E-state index in [0.717, 1.165) is 27.3 Å². The fraction of sp³-hybridized carbons (Fsp3) is 0.0952. The summed E-state index contributed by atoms with van der Waals surface area (Å²) in [6.45, 7) is 1.97. The molecule has 134 valence electrons. The predicted molar refractivity (Wildman–Crippen MR) is 109 cm³/mol. The second-order valence-corrected chi connectivity index (χ2v) is 7.14. The van der Waals surface area contributed by atoms with Gasteiger partial charge < -0.3 is 10.3 Å². The first kappa shape index (κ1) is 17.3. The molecular weight excluding hydrogens is 356 g/mol. The van der Waals surface area contributed by atoms with E-state index in [1.807, 2.05) is 67.6 Å². The van der Waals surface area contributed by atoms with E-state index in [1.54, 1.807) is 18.0 Å². The van der Waals surface area contributed by atoms with Gasteiger partial charge in [-0.1, -0.05) is 42.1 Å². The number of rotatable bonds is 5. The molecule has 5 nitrogen and oxygen atoms in total. The Kier molecular flexibility index (Phi) is 4.89. The number of carbonyl (C=O) groups excluding carboxylic acids is 1. The lowest BCUT2D eigenvalue weighted by Gasteiger charge is -2.09. The van der Waals surface area contributed by atoms with Gasteiger partial charge in [0.2, 0.25) is 0 Å². The van der Waals surface area contributed by atoms with E-state index in [2.05, 4.69) is 20.3 Å². The molecule has 0 saturated heterocycles. The summed E-state index contributed by atoms with van der Waals surface area (Å²) in [4.78, 5) is 24.8. The molecular formula is C21H18N4OS. The molecule has 0 bridgehead atoms. The molecule has 0 saturated carbocycles. The van der Waals surface area contributed by atoms with E-state index >= 15 is 0 Å². The second kappa shape index (κ2) is 7.63. The van der Waals surface area contributed by atoms with Crippen LogP contribution in [0.15, 0.2) is 72.0 Å². The first-order valence-electron chi connectivity index (χ1n) is 8.58. The number of amides is 1. The highest BCUT2D eigenvalue weighted by Crippen LogP contribution is 2.25. The Morgan fingerprint density at radius 2 is 1.93 bits per heavy atom. The smallest absolute Gasteiger partial charge is 0.257 e. The van der Waals surface area contributed by atoms with Crippen LogP contribution in [0.3, 0.4) is 0 Å². The van der Waals surface area contributed by atoms with Gasteiger partial charge in [0.25, 0.3) is 5.91 Å². The Morgan fingerprint density at radius 1 is 1.11 bits per heavy atom. The lowest BCUT2D eigenvalue weighted by Crippen LogP contribution is -2.15. The van der Waals surface area contributed by atoms with Crippen molar-refractivity contribution in [2.75, 3.05) is 5.32 Å². The van der Waals surface area contributed by atoms with Gasteiger partial charge in [0.05, 0.1) is 11.0 Å². The monoisotopic (exact) mass is 374 g/mol. The van der Waals surface area contributed by atoms with Gasteiger partial charge in [-0.15, -0.1) is 0 Å². The van der Waals surface area contributed by atoms with E-state index in [-0.39, 0.29) is 5.91 Å². The molecule has 2 N–H and O–H groups in total. The Labute approximate surface area is 161 Å². The van der Waals surface area contributed by atoms with E-state index in [4.69, 9.17) is 0 Å². The lowest BCUT2D eigenvalue weighted by atomic mass is 10.1. The summed E-state index contributed by atoms with van der Waals surface area (Å²) >= 11 is 1.58. The van der Waals surface area contributed by atoms with Gasteiger partial charge in [0.15, 0.2) is 5.16 Å². The summed E-state index contributed by atoms with van der Waals surface area (Å²) in [5.74, 6) is 1.04. The van der Waals surface area contributed by atoms with Crippen LogP contribution in [-0.2, 0) is 5.75 Å². The first-order chi connectivity index (χ1) is 13.2. The zero-order valence-corrected chi connectivity index (χ0v) is 15.6. The Balaban J connectivity index is 1.51. The van der Waals surface area contributed by atoms with Crippen LogP contribution in [0.2, 0.25) is 0 Å². The van der Waals surface area contributed by atoms with Gasteiger partial charge in [0.1, 0.15) is 5.82 Å². The fourth-order valence-electron chi connectivity index (χ4n) is 2.80. The standard InChI is InChI=1S/C21H18N4OS/c1-14-10-11-22-19(12-14)25-20(26)16-7-3-2-6-15(16)13-27-21-23-17-8-4-5-9-18(17)24-21/h2-12H,13H2,1H3,(H,23,24)(H,22,25,26). The van der Waals surface area contributed by atoms with Crippen LogP contribution >= 0.6 is 11.8 Å². The molecule has 0 aliphatic heterocycles. The number of H-pyrrole nitrogens is 1. The summed E-state index contributed by atoms with van der Waals surface area (Å²) < 4.78 is 0. The number of anilines is 1. The number of aryl methyl sites for hydroxylation is 1. The highest BCUT2D eigenvalue weighted by atomic mass is 32.2. The third-order valence-corrected chi connectivity index (χ3v) is 5.07. The fourth-order valence-corrected chi connectivity index (χ4v) is 3.69. The van der Waals surface area contributed by atoms with E-state index in [0.29, 0.717) is 17.1 Å². The second-order valence-electron chi connectivity index (χ2n) is 6.18. The maximum atomic E-state index is 12.7. The van der Waals surface area contributed by atoms with Crippen molar-refractivity contribution in [3.8, 4) is 0 Å². The summed E-state index contributed by atoms with van der Waals surface area (Å²) in [6.07, 6.45) is 1.69. The molecule has 0 fully saturated rings. The van der Waals surface area contributed by atoms with Gasteiger partial charge >= 0.3 is 0 Å². The number of para-hydroxylation sites is 2. The summed E-state index contributed by atoms with van der Waals surface area (Å²) in [5.41, 5.74) is 4.60. The van der Waals surface area contributed by atoms with Crippen LogP contribution in [0.5, 0.6) is 0 Å². The SMILES string of the molecule is Cc1ccnc(NC(=O)c2ccccc2CSc2nc3ccccc3[nH]2)c1. The summed E-state index contributed by atoms with van der Waals surface area (Å²) in [6, 6.07) is 19.3. The van der Waals surface area contributed by atoms with Crippen LogP contribution in [0.1, 0.15) is 21.5 Å². The molecule has 6 heteroatoms. The molecule has 0 aliphatic rings. The highest BCUT2D eigenvalue weighted by Gasteiger charge is 2.13. The molecule has 0 spiro atoms. The van der Waals surface area contributed by atoms with Crippen molar-refractivity contribution in [2.45, 2.75) is 17.8 Å². The number of nitrogens with one attached hydrogen (secondary N) is 2. The number of pyridine rings is 1. The Hall–Kier alpha value is -3.12. The molecule has 2 aromatic carbocycles. The Morgan fingerprint density at radius 3 is 2.78 bits per heavy atom. The van der Waals surface area contributed by atoms with Crippen LogP contribution in [0.25, 0.3) is 11.0 Å². The number of carbonyl (C=O) groups is 1. The number of benzene rings is 2. The largest absolute Gasteiger partial charge is 0.333 e. The zero-order chi connectivity index (χ0) is 18.6. The van der Waals surface area contributed by atoms with Crippen LogP contribution in [0, 0.1) is 6.92 Å². The number of hydrogen-bond donors (Lipinski definition) is 2. The number of fused-ring (bicyclic) bond motifs is 1. The molecule has 4 rings (SSSR count). The predicted octanol–water partition coefficient (Wildman–Crippen LogP) is 4.81. The molecule has 1 amide bonds. The van der Waals surface area contributed by atoms with Crippen LogP contribution in [-0.4, -0.2) is 20.9 Å². The topological polar surface area (TPSA) is 70.7 Å². The van der Waals surface area contributed by atoms with Crippen molar-refractivity contribution >= 4 is 34.5 Å². The van der Waals surface area contributed by atoms with Crippen molar-refractivity contribution in [3.63, 3.8) is 0 Å². The van der Waals surface area contributed by atoms with Crippen LogP contribution < -0.4 is 5.32 Å². The summed E-state index contributed by atoms with van der Waals surface area (Å²) in [5, 5.41) is 3.72. The minimum atomic E-state index is -0.158. The highest BCUT2D eigenvalue weighted by molar-refractivity contribution is 7.98. The molecule has 0 unspecified atom stereocenters. The van der Waals surface area contributed by atoms with Crippen molar-refractivity contribution in [1.82, 2.24) is 15.0 Å². The number of thioether (sulfide) groups is 1. The van der Waals surface area contributed by atoms with Gasteiger partial charge in [0, 0.05) is 17.5 Å². The maximum Gasteiger partial charge on any atom is 0.257 e. The number of imidazole rings is 1. The first-order valence-corrected chi connectivity index (χ1v) is 9.57. The third kappa shape index (κ3) is 4.01. The van der Waals surface area contributed by atoms with Crippen molar-refractivity contribution in [3.05, 3.63) is 83.6 Å². The lowest BCUT2D eigenvalue weighted by molar-refractivity contribution is 0.102. The average molecular weight is 374 g/mol. The van der Waals surface area contributed by atoms with E-state index < -0.39 is 0 Å². The number of aromatic nitrogens is 3. The molecule has 27 heavy (non-hydrogen) atoms. The van der Waals surface area contributed by atoms with E-state index in [1.165, 1.54) is 0 Å². The molecule has 0 atom stereocenters. The van der Waals surface area contributed by atoms with Gasteiger partial charge in [-0.05, 0) is 48.4 Å². The maximum absolute atomic E-state index is 12.7. The van der Waals surface area contributed by atoms with Crippen molar-refractivity contribution < 1.29 is 4.79 Å². The van der Waals surface area contributed by atoms with Crippen LogP contribution in [0.4, 0.5) is 5.82 Å². The quantitative estimate of drug-likeness (QED) is 0.492. The third-order valence-electron chi connectivity index (χ3n) is 4.15. The average Bonchev–Trinajstić information content (AvgIpc) is 3.09. The van der Waals surface area contributed by atoms with Gasteiger partial charge in [-0.25, -0.2) is 9.97 Å². The van der Waals surface area contributed by atoms with E-state index in [9.17, 15) is 4.79 Å². The molecule has 4 aromatic rings. The van der Waals surface area contributed by atoms with Gasteiger partial charge in [-0.2, -0.15) is 0 Å². The number of hydrogen-bond acceptors (Lipinski definition) is 4. The normalized spacial score (nSPS) is 10.9. The molecule has 0 radical (unpaired) electrons. The molecule has 2 heterocycles. The summed E-state index contributed by atoms with van der Waals surface area (Å²) in [7, 11) is 0. The molecule has 2 aromatic heterocycles. The van der Waals surface area contributed by atoms with Gasteiger partial charge in [-0.3, -0.25) is 4.79 Å². The number of aromatic amines is 1. The van der Waals surface area contributed by atoms with Crippen molar-refractivity contribution in [2.24, 2.45) is 0 Å². The van der Waals surface area contributed by atoms with Crippen molar-refractivity contribution in [1.29, 1.82) is 0 Å². The zero-order valence-electron chi connectivity index (χ0n) is 14.8.